The van der Waals surface area contributed by atoms with Crippen LogP contribution in [0.4, 0.5) is 0 Å². The van der Waals surface area contributed by atoms with Gasteiger partial charge < -0.3 is 16.2 Å². The Kier molecular flexibility index (Phi) is 5.53. The third-order valence-electron chi connectivity index (χ3n) is 2.25. The molecule has 1 aromatic rings. The van der Waals surface area contributed by atoms with Crippen molar-refractivity contribution in [1.29, 1.82) is 0 Å². The predicted octanol–water partition coefficient (Wildman–Crippen LogP) is 0.796. The average molecular weight is 222 g/mol. The molecule has 4 heteroatoms. The zero-order valence-corrected chi connectivity index (χ0v) is 9.26. The first-order chi connectivity index (χ1) is 7.74. The molecule has 0 saturated heterocycles. The van der Waals surface area contributed by atoms with Crippen LogP contribution in [0.5, 0.6) is 0 Å². The lowest BCUT2D eigenvalue weighted by Crippen LogP contribution is -2.32. The van der Waals surface area contributed by atoms with Gasteiger partial charge in [-0.3, -0.25) is 4.79 Å². The van der Waals surface area contributed by atoms with Crippen molar-refractivity contribution in [3.8, 4) is 0 Å². The van der Waals surface area contributed by atoms with Crippen LogP contribution < -0.4 is 11.5 Å². The summed E-state index contributed by atoms with van der Waals surface area (Å²) in [5.74, 6) is -0.364. The molecule has 0 radical (unpaired) electrons. The number of esters is 1. The van der Waals surface area contributed by atoms with Crippen LogP contribution in [0.25, 0.3) is 0 Å². The van der Waals surface area contributed by atoms with Crippen molar-refractivity contribution < 1.29 is 9.53 Å². The highest BCUT2D eigenvalue weighted by Gasteiger charge is 2.13. The van der Waals surface area contributed by atoms with Crippen LogP contribution >= 0.6 is 0 Å². The Balaban J connectivity index is 2.29. The van der Waals surface area contributed by atoms with Crippen LogP contribution in [0.1, 0.15) is 18.4 Å². The van der Waals surface area contributed by atoms with Gasteiger partial charge in [0.2, 0.25) is 0 Å². The molecule has 0 saturated carbocycles. The molecule has 0 spiro atoms. The second-order valence-electron chi connectivity index (χ2n) is 3.63. The fourth-order valence-corrected chi connectivity index (χ4v) is 1.29. The first-order valence-corrected chi connectivity index (χ1v) is 5.40. The quantitative estimate of drug-likeness (QED) is 0.698. The number of carbonyl (C=O) groups is 1. The summed E-state index contributed by atoms with van der Waals surface area (Å²) >= 11 is 0. The van der Waals surface area contributed by atoms with Crippen LogP contribution in [-0.4, -0.2) is 18.6 Å². The SMILES string of the molecule is NCCCC(N)C(=O)OCc1ccccc1. The highest BCUT2D eigenvalue weighted by molar-refractivity contribution is 5.75. The van der Waals surface area contributed by atoms with E-state index in [2.05, 4.69) is 0 Å². The minimum atomic E-state index is -0.563. The van der Waals surface area contributed by atoms with E-state index < -0.39 is 6.04 Å². The van der Waals surface area contributed by atoms with E-state index in [0.717, 1.165) is 12.0 Å². The van der Waals surface area contributed by atoms with Crippen molar-refractivity contribution in [3.63, 3.8) is 0 Å². The lowest BCUT2D eigenvalue weighted by atomic mass is 10.2. The molecule has 4 N–H and O–H groups in total. The van der Waals surface area contributed by atoms with Gasteiger partial charge in [-0.05, 0) is 24.9 Å². The maximum absolute atomic E-state index is 11.4. The van der Waals surface area contributed by atoms with Gasteiger partial charge in [0.15, 0.2) is 0 Å². The molecule has 1 rings (SSSR count). The first-order valence-electron chi connectivity index (χ1n) is 5.40. The molecule has 1 atom stereocenters. The smallest absolute Gasteiger partial charge is 0.323 e. The molecule has 0 bridgehead atoms. The van der Waals surface area contributed by atoms with Gasteiger partial charge in [-0.25, -0.2) is 0 Å². The van der Waals surface area contributed by atoms with Crippen molar-refractivity contribution in [1.82, 2.24) is 0 Å². The van der Waals surface area contributed by atoms with Gasteiger partial charge in [-0.15, -0.1) is 0 Å². The van der Waals surface area contributed by atoms with E-state index in [0.29, 0.717) is 13.0 Å². The number of nitrogens with two attached hydrogens (primary N) is 2. The summed E-state index contributed by atoms with van der Waals surface area (Å²) < 4.78 is 5.08. The van der Waals surface area contributed by atoms with E-state index >= 15 is 0 Å². The lowest BCUT2D eigenvalue weighted by Gasteiger charge is -2.10. The summed E-state index contributed by atoms with van der Waals surface area (Å²) in [4.78, 5) is 11.4. The van der Waals surface area contributed by atoms with E-state index in [4.69, 9.17) is 16.2 Å². The number of ether oxygens (including phenoxy) is 1. The Morgan fingerprint density at radius 3 is 2.62 bits per heavy atom. The minimum absolute atomic E-state index is 0.274. The second-order valence-corrected chi connectivity index (χ2v) is 3.63. The molecule has 88 valence electrons. The number of hydrogen-bond donors (Lipinski definition) is 2. The molecule has 4 nitrogen and oxygen atoms in total. The molecule has 0 aliphatic heterocycles. The average Bonchev–Trinajstić information content (AvgIpc) is 2.34. The molecule has 0 aromatic heterocycles. The van der Waals surface area contributed by atoms with E-state index in [1.807, 2.05) is 30.3 Å². The summed E-state index contributed by atoms with van der Waals surface area (Å²) in [5.41, 5.74) is 11.9. The number of rotatable bonds is 6. The number of hydrogen-bond acceptors (Lipinski definition) is 4. The maximum atomic E-state index is 11.4. The van der Waals surface area contributed by atoms with Gasteiger partial charge in [-0.2, -0.15) is 0 Å². The van der Waals surface area contributed by atoms with Crippen LogP contribution in [0.3, 0.4) is 0 Å². The highest BCUT2D eigenvalue weighted by Crippen LogP contribution is 2.03. The maximum Gasteiger partial charge on any atom is 0.323 e. The molecule has 0 heterocycles. The molecule has 1 unspecified atom stereocenters. The van der Waals surface area contributed by atoms with Crippen molar-refractivity contribution in [3.05, 3.63) is 35.9 Å². The zero-order valence-electron chi connectivity index (χ0n) is 9.26. The van der Waals surface area contributed by atoms with Gasteiger partial charge in [0.25, 0.3) is 0 Å². The summed E-state index contributed by atoms with van der Waals surface area (Å²) in [6, 6.07) is 8.96. The molecule has 0 fully saturated rings. The van der Waals surface area contributed by atoms with Gasteiger partial charge in [0.1, 0.15) is 12.6 Å². The van der Waals surface area contributed by atoms with Crippen molar-refractivity contribution in [2.24, 2.45) is 11.5 Å². The Bertz CT molecular complexity index is 314. The van der Waals surface area contributed by atoms with Gasteiger partial charge in [0.05, 0.1) is 0 Å². The van der Waals surface area contributed by atoms with Crippen LogP contribution in [0, 0.1) is 0 Å². The Morgan fingerprint density at radius 1 is 1.31 bits per heavy atom. The molecule has 0 amide bonds. The summed E-state index contributed by atoms with van der Waals surface area (Å²) in [5, 5.41) is 0. The normalized spacial score (nSPS) is 12.1. The Morgan fingerprint density at radius 2 is 2.00 bits per heavy atom. The fourth-order valence-electron chi connectivity index (χ4n) is 1.29. The highest BCUT2D eigenvalue weighted by atomic mass is 16.5. The van der Waals surface area contributed by atoms with Crippen LogP contribution in [0.2, 0.25) is 0 Å². The van der Waals surface area contributed by atoms with Gasteiger partial charge in [-0.1, -0.05) is 30.3 Å². The predicted molar refractivity (Wildman–Crippen MR) is 62.5 cm³/mol. The standard InChI is InChI=1S/C12H18N2O2/c13-8-4-7-11(14)12(15)16-9-10-5-2-1-3-6-10/h1-3,5-6,11H,4,7-9,13-14H2. The van der Waals surface area contributed by atoms with E-state index in [1.165, 1.54) is 0 Å². The van der Waals surface area contributed by atoms with Crippen molar-refractivity contribution in [2.75, 3.05) is 6.54 Å². The Labute approximate surface area is 95.6 Å². The second kappa shape index (κ2) is 6.98. The molecule has 0 aliphatic rings. The van der Waals surface area contributed by atoms with E-state index in [1.54, 1.807) is 0 Å². The van der Waals surface area contributed by atoms with Crippen LogP contribution in [0.15, 0.2) is 30.3 Å². The van der Waals surface area contributed by atoms with Gasteiger partial charge >= 0.3 is 5.97 Å². The Hall–Kier alpha value is -1.39. The minimum Gasteiger partial charge on any atom is -0.460 e. The largest absolute Gasteiger partial charge is 0.460 e. The number of carbonyl (C=O) groups excluding carboxylic acids is 1. The fraction of sp³-hybridized carbons (Fsp3) is 0.417. The van der Waals surface area contributed by atoms with Crippen molar-refractivity contribution in [2.45, 2.75) is 25.5 Å². The van der Waals surface area contributed by atoms with Gasteiger partial charge in [0, 0.05) is 0 Å². The first kappa shape index (κ1) is 12.7. The zero-order chi connectivity index (χ0) is 11.8. The summed E-state index contributed by atoms with van der Waals surface area (Å²) in [6.45, 7) is 0.815. The van der Waals surface area contributed by atoms with Crippen LogP contribution in [-0.2, 0) is 16.1 Å². The molecule has 1 aromatic carbocycles. The summed E-state index contributed by atoms with van der Waals surface area (Å²) in [7, 11) is 0. The number of benzene rings is 1. The third-order valence-corrected chi connectivity index (χ3v) is 2.25. The van der Waals surface area contributed by atoms with E-state index in [-0.39, 0.29) is 12.6 Å². The molecule has 16 heavy (non-hydrogen) atoms. The van der Waals surface area contributed by atoms with E-state index in [9.17, 15) is 4.79 Å². The topological polar surface area (TPSA) is 78.3 Å². The molecular weight excluding hydrogens is 204 g/mol. The van der Waals surface area contributed by atoms with Crippen molar-refractivity contribution >= 4 is 5.97 Å². The lowest BCUT2D eigenvalue weighted by molar-refractivity contribution is -0.146. The molecule has 0 aliphatic carbocycles. The third kappa shape index (κ3) is 4.42. The molecular formula is C12H18N2O2. The summed E-state index contributed by atoms with van der Waals surface area (Å²) in [6.07, 6.45) is 1.31. The monoisotopic (exact) mass is 222 g/mol.